The van der Waals surface area contributed by atoms with E-state index in [4.69, 9.17) is 4.74 Å². The number of carbonyl (C=O) groups excluding carboxylic acids is 1. The number of hydrogen-bond acceptors (Lipinski definition) is 4. The van der Waals surface area contributed by atoms with Gasteiger partial charge < -0.3 is 10.1 Å². The standard InChI is InChI=1S/C17H15F3N2O4S/c18-13-5-4-11(21-17(23)12-2-1-3-14(19)16(12)20)10-15(13)27(24,25)22-6-8-26-9-7-22/h1-5,10H,6-9H2,(H,21,23). The van der Waals surface area contributed by atoms with Crippen LogP contribution in [0, 0.1) is 17.5 Å². The van der Waals surface area contributed by atoms with Crippen molar-refractivity contribution in [3.8, 4) is 0 Å². The Hall–Kier alpha value is -2.43. The lowest BCUT2D eigenvalue weighted by Gasteiger charge is -2.26. The fourth-order valence-corrected chi connectivity index (χ4v) is 4.08. The Morgan fingerprint density at radius 2 is 1.74 bits per heavy atom. The van der Waals surface area contributed by atoms with E-state index in [1.165, 1.54) is 0 Å². The van der Waals surface area contributed by atoms with Gasteiger partial charge in [-0.25, -0.2) is 21.6 Å². The molecule has 1 amide bonds. The van der Waals surface area contributed by atoms with E-state index >= 15 is 0 Å². The van der Waals surface area contributed by atoms with Crippen LogP contribution in [0.2, 0.25) is 0 Å². The van der Waals surface area contributed by atoms with E-state index < -0.39 is 43.8 Å². The molecule has 0 atom stereocenters. The monoisotopic (exact) mass is 400 g/mol. The molecule has 0 aromatic heterocycles. The molecule has 3 rings (SSSR count). The van der Waals surface area contributed by atoms with E-state index in [9.17, 15) is 26.4 Å². The van der Waals surface area contributed by atoms with Crippen LogP contribution in [0.5, 0.6) is 0 Å². The zero-order valence-electron chi connectivity index (χ0n) is 13.9. The van der Waals surface area contributed by atoms with Gasteiger partial charge in [0, 0.05) is 18.8 Å². The quantitative estimate of drug-likeness (QED) is 0.855. The fraction of sp³-hybridized carbons (Fsp3) is 0.235. The molecule has 1 aliphatic rings. The van der Waals surface area contributed by atoms with Crippen molar-refractivity contribution < 1.29 is 31.1 Å². The number of nitrogens with one attached hydrogen (secondary N) is 1. The average molecular weight is 400 g/mol. The first-order valence-electron chi connectivity index (χ1n) is 7.93. The molecule has 1 N–H and O–H groups in total. The highest BCUT2D eigenvalue weighted by atomic mass is 32.2. The van der Waals surface area contributed by atoms with E-state index in [1.807, 2.05) is 0 Å². The molecule has 0 spiro atoms. The Balaban J connectivity index is 1.89. The maximum atomic E-state index is 14.1. The van der Waals surface area contributed by atoms with Gasteiger partial charge in [-0.1, -0.05) is 6.07 Å². The molecule has 1 heterocycles. The van der Waals surface area contributed by atoms with Gasteiger partial charge in [0.15, 0.2) is 11.6 Å². The van der Waals surface area contributed by atoms with Gasteiger partial charge in [0.1, 0.15) is 10.7 Å². The molecule has 1 aliphatic heterocycles. The molecular weight excluding hydrogens is 385 g/mol. The summed E-state index contributed by atoms with van der Waals surface area (Å²) in [7, 11) is -4.14. The number of nitrogens with zero attached hydrogens (tertiary/aromatic N) is 1. The molecule has 10 heteroatoms. The smallest absolute Gasteiger partial charge is 0.258 e. The summed E-state index contributed by atoms with van der Waals surface area (Å²) in [5, 5.41) is 2.25. The molecule has 0 radical (unpaired) electrons. The number of halogens is 3. The maximum Gasteiger partial charge on any atom is 0.258 e. The zero-order valence-corrected chi connectivity index (χ0v) is 14.7. The van der Waals surface area contributed by atoms with Crippen molar-refractivity contribution in [3.63, 3.8) is 0 Å². The second-order valence-electron chi connectivity index (χ2n) is 5.72. The van der Waals surface area contributed by atoms with Gasteiger partial charge in [-0.2, -0.15) is 4.31 Å². The molecule has 144 valence electrons. The van der Waals surface area contributed by atoms with Crippen LogP contribution in [-0.4, -0.2) is 44.9 Å². The molecule has 6 nitrogen and oxygen atoms in total. The van der Waals surface area contributed by atoms with Gasteiger partial charge in [0.25, 0.3) is 5.91 Å². The number of rotatable bonds is 4. The average Bonchev–Trinajstić information content (AvgIpc) is 2.66. The first kappa shape index (κ1) is 19.3. The van der Waals surface area contributed by atoms with Crippen LogP contribution in [0.25, 0.3) is 0 Å². The summed E-state index contributed by atoms with van der Waals surface area (Å²) in [6.45, 7) is 0.534. The molecule has 0 bridgehead atoms. The Bertz CT molecular complexity index is 976. The molecule has 27 heavy (non-hydrogen) atoms. The van der Waals surface area contributed by atoms with Crippen LogP contribution >= 0.6 is 0 Å². The third kappa shape index (κ3) is 3.97. The van der Waals surface area contributed by atoms with Crippen LogP contribution in [0.15, 0.2) is 41.3 Å². The van der Waals surface area contributed by atoms with E-state index in [-0.39, 0.29) is 32.0 Å². The highest BCUT2D eigenvalue weighted by molar-refractivity contribution is 7.89. The first-order valence-corrected chi connectivity index (χ1v) is 9.37. The number of ether oxygens (including phenoxy) is 1. The van der Waals surface area contributed by atoms with Crippen LogP contribution in [0.3, 0.4) is 0 Å². The number of sulfonamides is 1. The van der Waals surface area contributed by atoms with E-state index in [1.54, 1.807) is 0 Å². The predicted octanol–water partition coefficient (Wildman–Crippen LogP) is 2.38. The van der Waals surface area contributed by atoms with Crippen molar-refractivity contribution in [2.24, 2.45) is 0 Å². The Kier molecular flexibility index (Phi) is 5.49. The minimum Gasteiger partial charge on any atom is -0.379 e. The Morgan fingerprint density at radius 3 is 2.44 bits per heavy atom. The highest BCUT2D eigenvalue weighted by Gasteiger charge is 2.29. The van der Waals surface area contributed by atoms with Gasteiger partial charge in [-0.3, -0.25) is 4.79 Å². The van der Waals surface area contributed by atoms with Gasteiger partial charge in [0.2, 0.25) is 10.0 Å². The molecule has 0 unspecified atom stereocenters. The summed E-state index contributed by atoms with van der Waals surface area (Å²) in [5.41, 5.74) is -0.631. The lowest BCUT2D eigenvalue weighted by molar-refractivity contribution is 0.0729. The topological polar surface area (TPSA) is 75.7 Å². The number of amides is 1. The molecule has 1 saturated heterocycles. The predicted molar refractivity (Wildman–Crippen MR) is 90.3 cm³/mol. The molecule has 1 fully saturated rings. The lowest BCUT2D eigenvalue weighted by Crippen LogP contribution is -2.40. The van der Waals surface area contributed by atoms with E-state index in [0.717, 1.165) is 40.7 Å². The fourth-order valence-electron chi connectivity index (χ4n) is 2.58. The number of morpholine rings is 1. The Morgan fingerprint density at radius 1 is 1.04 bits per heavy atom. The zero-order chi connectivity index (χ0) is 19.6. The van der Waals surface area contributed by atoms with Crippen molar-refractivity contribution in [3.05, 3.63) is 59.4 Å². The van der Waals surface area contributed by atoms with Crippen LogP contribution < -0.4 is 5.32 Å². The van der Waals surface area contributed by atoms with Gasteiger partial charge in [-0.05, 0) is 30.3 Å². The second kappa shape index (κ2) is 7.67. The molecule has 2 aromatic carbocycles. The largest absolute Gasteiger partial charge is 0.379 e. The molecule has 2 aromatic rings. The number of hydrogen-bond donors (Lipinski definition) is 1. The summed E-state index contributed by atoms with van der Waals surface area (Å²) < 4.78 is 72.5. The van der Waals surface area contributed by atoms with Gasteiger partial charge in [-0.15, -0.1) is 0 Å². The molecule has 0 saturated carbocycles. The minimum atomic E-state index is -4.14. The normalized spacial score (nSPS) is 15.5. The van der Waals surface area contributed by atoms with Crippen molar-refractivity contribution >= 4 is 21.6 Å². The number of carbonyl (C=O) groups is 1. The summed E-state index contributed by atoms with van der Waals surface area (Å²) in [6, 6.07) is 6.04. The summed E-state index contributed by atoms with van der Waals surface area (Å²) in [4.78, 5) is 11.5. The van der Waals surface area contributed by atoms with Crippen LogP contribution in [-0.2, 0) is 14.8 Å². The van der Waals surface area contributed by atoms with Crippen molar-refractivity contribution in [2.45, 2.75) is 4.90 Å². The Labute approximate surface area is 153 Å². The minimum absolute atomic E-state index is 0.0723. The van der Waals surface area contributed by atoms with E-state index in [0.29, 0.717) is 0 Å². The van der Waals surface area contributed by atoms with Crippen LogP contribution in [0.1, 0.15) is 10.4 Å². The van der Waals surface area contributed by atoms with Gasteiger partial charge >= 0.3 is 0 Å². The van der Waals surface area contributed by atoms with Crippen molar-refractivity contribution in [1.82, 2.24) is 4.31 Å². The van der Waals surface area contributed by atoms with Gasteiger partial charge in [0.05, 0.1) is 18.8 Å². The SMILES string of the molecule is O=C(Nc1ccc(F)c(S(=O)(=O)N2CCOCC2)c1)c1cccc(F)c1F. The number of anilines is 1. The summed E-state index contributed by atoms with van der Waals surface area (Å²) in [6.07, 6.45) is 0. The lowest BCUT2D eigenvalue weighted by atomic mass is 10.2. The first-order chi connectivity index (χ1) is 12.8. The van der Waals surface area contributed by atoms with E-state index in [2.05, 4.69) is 5.32 Å². The summed E-state index contributed by atoms with van der Waals surface area (Å²) in [5.74, 6) is -4.51. The summed E-state index contributed by atoms with van der Waals surface area (Å²) >= 11 is 0. The van der Waals surface area contributed by atoms with Crippen molar-refractivity contribution in [1.29, 1.82) is 0 Å². The molecule has 0 aliphatic carbocycles. The van der Waals surface area contributed by atoms with Crippen LogP contribution in [0.4, 0.5) is 18.9 Å². The molecular formula is C17H15F3N2O4S. The third-order valence-corrected chi connectivity index (χ3v) is 5.89. The highest BCUT2D eigenvalue weighted by Crippen LogP contribution is 2.24. The number of benzene rings is 2. The maximum absolute atomic E-state index is 14.1. The third-order valence-electron chi connectivity index (χ3n) is 3.97. The second-order valence-corrected chi connectivity index (χ2v) is 7.62. The van der Waals surface area contributed by atoms with Crippen molar-refractivity contribution in [2.75, 3.05) is 31.6 Å².